The van der Waals surface area contributed by atoms with Crippen molar-refractivity contribution < 1.29 is 21.7 Å². The third-order valence-corrected chi connectivity index (χ3v) is 4.25. The van der Waals surface area contributed by atoms with Crippen LogP contribution in [0.5, 0.6) is 0 Å². The van der Waals surface area contributed by atoms with E-state index in [0.29, 0.717) is 0 Å². The van der Waals surface area contributed by atoms with Gasteiger partial charge in [-0.1, -0.05) is 60.7 Å². The lowest BCUT2D eigenvalue weighted by Gasteiger charge is -2.21. The molecule has 24 heavy (non-hydrogen) atoms. The van der Waals surface area contributed by atoms with Crippen LogP contribution in [0.25, 0.3) is 0 Å². The van der Waals surface area contributed by atoms with Crippen molar-refractivity contribution in [3.05, 3.63) is 71.8 Å². The number of ether oxygens (including phenoxy) is 1. The van der Waals surface area contributed by atoms with Crippen LogP contribution in [0.2, 0.25) is 0 Å². The average Bonchev–Trinajstić information content (AvgIpc) is 3.06. The maximum atomic E-state index is 5.48. The minimum Gasteiger partial charge on any atom is -1.00 e. The molecule has 0 bridgehead atoms. The molecule has 0 N–H and O–H groups in total. The zero-order chi connectivity index (χ0) is 15.9. The summed E-state index contributed by atoms with van der Waals surface area (Å²) in [4.78, 5) is 2.44. The molecule has 0 radical (unpaired) electrons. The fraction of sp³-hybridized carbons (Fsp3) is 0.350. The molecule has 1 heterocycles. The quantitative estimate of drug-likeness (QED) is 0.526. The van der Waals surface area contributed by atoms with Crippen molar-refractivity contribution in [2.24, 2.45) is 0 Å². The molecule has 3 nitrogen and oxygen atoms in total. The molecule has 2 aromatic carbocycles. The summed E-state index contributed by atoms with van der Waals surface area (Å²) < 4.78 is 7.84. The molecule has 0 aliphatic carbocycles. The number of benzene rings is 2. The summed E-state index contributed by atoms with van der Waals surface area (Å²) >= 11 is 0. The van der Waals surface area contributed by atoms with E-state index in [1.54, 1.807) is 0 Å². The molecular weight excluding hydrogens is 320 g/mol. The van der Waals surface area contributed by atoms with Crippen molar-refractivity contribution in [3.63, 3.8) is 0 Å². The van der Waals surface area contributed by atoms with E-state index < -0.39 is 0 Å². The molecule has 0 aromatic heterocycles. The van der Waals surface area contributed by atoms with Gasteiger partial charge >= 0.3 is 0 Å². The van der Waals surface area contributed by atoms with Crippen LogP contribution in [0.1, 0.15) is 24.1 Å². The number of rotatable bonds is 7. The van der Waals surface area contributed by atoms with Gasteiger partial charge in [-0.25, -0.2) is 0 Å². The summed E-state index contributed by atoms with van der Waals surface area (Å²) in [5.41, 5.74) is 2.67. The Labute approximate surface area is 151 Å². The topological polar surface area (TPSA) is 15.5 Å². The lowest BCUT2D eigenvalue weighted by Crippen LogP contribution is -3.00. The predicted molar refractivity (Wildman–Crippen MR) is 94.0 cm³/mol. The Balaban J connectivity index is 0.00000208. The first-order valence-corrected chi connectivity index (χ1v) is 8.41. The van der Waals surface area contributed by atoms with Crippen LogP contribution < -0.4 is 12.4 Å². The molecule has 4 heteroatoms. The Hall–Kier alpha value is -1.84. The number of hydrogen-bond acceptors (Lipinski definition) is 2. The molecule has 0 amide bonds. The van der Waals surface area contributed by atoms with E-state index >= 15 is 0 Å². The fourth-order valence-electron chi connectivity index (χ4n) is 3.11. The largest absolute Gasteiger partial charge is 1.00 e. The van der Waals surface area contributed by atoms with Crippen LogP contribution in [0, 0.1) is 0 Å². The summed E-state index contributed by atoms with van der Waals surface area (Å²) in [7, 11) is 0. The van der Waals surface area contributed by atoms with Crippen molar-refractivity contribution >= 4 is 6.34 Å². The average molecular weight is 345 g/mol. The van der Waals surface area contributed by atoms with Crippen LogP contribution in [-0.2, 0) is 4.74 Å². The smallest absolute Gasteiger partial charge is 0.235 e. The Bertz CT molecular complexity index is 591. The highest BCUT2D eigenvalue weighted by atomic mass is 35.5. The van der Waals surface area contributed by atoms with Gasteiger partial charge in [-0.05, 0) is 6.92 Å². The van der Waals surface area contributed by atoms with Crippen molar-refractivity contribution in [2.45, 2.75) is 13.0 Å². The standard InChI is InChI=1S/C20H25N2O.ClH/c1-2-23-16-15-21-13-14-22(17-21)20(18-9-5-3-6-10-18)19-11-7-4-8-12-19;/h3-12,17,20H,2,13-16H2,1H3;1H/q+1;/p-1. The summed E-state index contributed by atoms with van der Waals surface area (Å²) in [6.45, 7) is 6.68. The van der Waals surface area contributed by atoms with E-state index in [1.807, 2.05) is 6.92 Å². The molecule has 1 aliphatic heterocycles. The van der Waals surface area contributed by atoms with Gasteiger partial charge in [-0.15, -0.1) is 0 Å². The first-order chi connectivity index (χ1) is 11.4. The van der Waals surface area contributed by atoms with Gasteiger partial charge < -0.3 is 17.1 Å². The molecule has 0 unspecified atom stereocenters. The molecule has 0 saturated carbocycles. The summed E-state index contributed by atoms with van der Waals surface area (Å²) in [6.07, 6.45) is 2.27. The summed E-state index contributed by atoms with van der Waals surface area (Å²) in [5, 5.41) is 0. The van der Waals surface area contributed by atoms with Gasteiger partial charge in [-0.3, -0.25) is 9.48 Å². The number of nitrogens with zero attached hydrogens (tertiary/aromatic N) is 2. The highest BCUT2D eigenvalue weighted by molar-refractivity contribution is 5.54. The van der Waals surface area contributed by atoms with Crippen molar-refractivity contribution in [3.8, 4) is 0 Å². The van der Waals surface area contributed by atoms with E-state index in [1.165, 1.54) is 11.1 Å². The van der Waals surface area contributed by atoms with Gasteiger partial charge in [-0.2, -0.15) is 0 Å². The Morgan fingerprint density at radius 2 is 1.58 bits per heavy atom. The Morgan fingerprint density at radius 3 is 2.12 bits per heavy atom. The van der Waals surface area contributed by atoms with Gasteiger partial charge in [0.25, 0.3) is 0 Å². The maximum absolute atomic E-state index is 5.48. The second kappa shape index (κ2) is 9.45. The summed E-state index contributed by atoms with van der Waals surface area (Å²) in [6, 6.07) is 21.8. The molecule has 0 saturated heterocycles. The third kappa shape index (κ3) is 4.59. The fourth-order valence-corrected chi connectivity index (χ4v) is 3.11. The molecule has 3 rings (SSSR count). The van der Waals surface area contributed by atoms with E-state index in [9.17, 15) is 0 Å². The zero-order valence-electron chi connectivity index (χ0n) is 14.1. The monoisotopic (exact) mass is 344 g/mol. The minimum atomic E-state index is 0. The first-order valence-electron chi connectivity index (χ1n) is 8.41. The third-order valence-electron chi connectivity index (χ3n) is 4.25. The lowest BCUT2D eigenvalue weighted by molar-refractivity contribution is -0.516. The SMILES string of the molecule is CCOCC[N+]1=CN(C(c2ccccc2)c2ccccc2)CC1.[Cl-]. The van der Waals surface area contributed by atoms with E-state index in [0.717, 1.165) is 32.8 Å². The van der Waals surface area contributed by atoms with Gasteiger partial charge in [0.1, 0.15) is 25.7 Å². The molecule has 2 aromatic rings. The minimum absolute atomic E-state index is 0. The lowest BCUT2D eigenvalue weighted by atomic mass is 9.97. The van der Waals surface area contributed by atoms with Gasteiger partial charge in [0, 0.05) is 17.7 Å². The van der Waals surface area contributed by atoms with Crippen LogP contribution >= 0.6 is 0 Å². The van der Waals surface area contributed by atoms with Crippen LogP contribution in [0.3, 0.4) is 0 Å². The molecule has 0 spiro atoms. The summed E-state index contributed by atoms with van der Waals surface area (Å²) in [5.74, 6) is 0. The van der Waals surface area contributed by atoms with E-state index in [2.05, 4.69) is 76.5 Å². The second-order valence-electron chi connectivity index (χ2n) is 5.81. The highest BCUT2D eigenvalue weighted by Crippen LogP contribution is 2.28. The van der Waals surface area contributed by atoms with Crippen LogP contribution in [0.4, 0.5) is 0 Å². The Kier molecular flexibility index (Phi) is 7.29. The molecule has 128 valence electrons. The van der Waals surface area contributed by atoms with Gasteiger partial charge in [0.2, 0.25) is 6.34 Å². The molecule has 0 fully saturated rings. The van der Waals surface area contributed by atoms with Gasteiger partial charge in [0.05, 0.1) is 6.61 Å². The van der Waals surface area contributed by atoms with Crippen molar-refractivity contribution in [2.75, 3.05) is 32.8 Å². The van der Waals surface area contributed by atoms with Crippen LogP contribution in [-0.4, -0.2) is 48.7 Å². The van der Waals surface area contributed by atoms with Gasteiger partial charge in [0.15, 0.2) is 0 Å². The second-order valence-corrected chi connectivity index (χ2v) is 5.81. The normalized spacial score (nSPS) is 13.8. The zero-order valence-corrected chi connectivity index (χ0v) is 14.9. The number of halogens is 1. The van der Waals surface area contributed by atoms with Crippen molar-refractivity contribution in [1.82, 2.24) is 4.90 Å². The highest BCUT2D eigenvalue weighted by Gasteiger charge is 2.30. The van der Waals surface area contributed by atoms with Crippen molar-refractivity contribution in [1.29, 1.82) is 0 Å². The van der Waals surface area contributed by atoms with E-state index in [-0.39, 0.29) is 18.4 Å². The Morgan fingerprint density at radius 1 is 1.00 bits per heavy atom. The van der Waals surface area contributed by atoms with E-state index in [4.69, 9.17) is 4.74 Å². The molecular formula is C20H25ClN2O. The van der Waals surface area contributed by atoms with Crippen LogP contribution in [0.15, 0.2) is 60.7 Å². The number of hydrogen-bond donors (Lipinski definition) is 0. The predicted octanol–water partition coefficient (Wildman–Crippen LogP) is 0.173. The molecule has 0 atom stereocenters. The first kappa shape index (κ1) is 18.5. The maximum Gasteiger partial charge on any atom is 0.235 e. The molecule has 1 aliphatic rings.